The normalized spacial score (nSPS) is 11.2. The Morgan fingerprint density at radius 3 is 2.94 bits per heavy atom. The third-order valence-corrected chi connectivity index (χ3v) is 2.45. The Bertz CT molecular complexity index is 510. The first-order chi connectivity index (χ1) is 8.18. The minimum Gasteiger partial charge on any atom is -0.468 e. The molecule has 2 heterocycles. The van der Waals surface area contributed by atoms with Gasteiger partial charge in [-0.05, 0) is 31.3 Å². The molecule has 92 valence electrons. The second-order valence-electron chi connectivity index (χ2n) is 4.07. The van der Waals surface area contributed by atoms with Crippen molar-refractivity contribution in [3.63, 3.8) is 0 Å². The number of rotatable bonds is 5. The predicted molar refractivity (Wildman–Crippen MR) is 59.2 cm³/mol. The summed E-state index contributed by atoms with van der Waals surface area (Å²) in [6.45, 7) is 4.96. The van der Waals surface area contributed by atoms with Crippen molar-refractivity contribution in [2.75, 3.05) is 0 Å². The lowest BCUT2D eigenvalue weighted by Gasteiger charge is -1.99. The summed E-state index contributed by atoms with van der Waals surface area (Å²) >= 11 is 0. The highest BCUT2D eigenvalue weighted by atomic mass is 16.5. The molecule has 0 amide bonds. The summed E-state index contributed by atoms with van der Waals surface area (Å²) in [7, 11) is 0. The Morgan fingerprint density at radius 1 is 1.47 bits per heavy atom. The quantitative estimate of drug-likeness (QED) is 0.753. The van der Waals surface area contributed by atoms with Crippen LogP contribution in [0, 0.1) is 0 Å². The van der Waals surface area contributed by atoms with Crippen LogP contribution >= 0.6 is 0 Å². The molecule has 6 nitrogen and oxygen atoms in total. The maximum Gasteiger partial charge on any atom is 0.431 e. The molecule has 2 aromatic heterocycles. The molecule has 2 N–H and O–H groups in total. The smallest absolute Gasteiger partial charge is 0.431 e. The SMILES string of the molecule is CC(C)[n+]1[nH]oc(=O)c1CNCc1ccco1. The molecule has 0 radical (unpaired) electrons. The Morgan fingerprint density at radius 2 is 2.29 bits per heavy atom. The highest BCUT2D eigenvalue weighted by Gasteiger charge is 2.22. The molecule has 0 aliphatic rings. The lowest BCUT2D eigenvalue weighted by molar-refractivity contribution is -0.785. The molecule has 0 fully saturated rings. The number of aromatic nitrogens is 2. The molecule has 17 heavy (non-hydrogen) atoms. The van der Waals surface area contributed by atoms with Crippen LogP contribution in [-0.4, -0.2) is 5.27 Å². The van der Waals surface area contributed by atoms with Crippen molar-refractivity contribution < 1.29 is 13.6 Å². The molecule has 0 bridgehead atoms. The average Bonchev–Trinajstić information content (AvgIpc) is 2.89. The molecule has 0 unspecified atom stereocenters. The van der Waals surface area contributed by atoms with Gasteiger partial charge in [0, 0.05) is 0 Å². The monoisotopic (exact) mass is 238 g/mol. The Labute approximate surface area is 98.2 Å². The van der Waals surface area contributed by atoms with Gasteiger partial charge in [0.2, 0.25) is 0 Å². The molecule has 0 atom stereocenters. The van der Waals surface area contributed by atoms with Crippen molar-refractivity contribution >= 4 is 0 Å². The fourth-order valence-electron chi connectivity index (χ4n) is 1.59. The second-order valence-corrected chi connectivity index (χ2v) is 4.07. The average molecular weight is 238 g/mol. The van der Waals surface area contributed by atoms with E-state index in [1.54, 1.807) is 10.9 Å². The van der Waals surface area contributed by atoms with Crippen LogP contribution in [0.25, 0.3) is 0 Å². The van der Waals surface area contributed by atoms with Crippen LogP contribution in [0.5, 0.6) is 0 Å². The van der Waals surface area contributed by atoms with Crippen molar-refractivity contribution in [3.05, 3.63) is 40.3 Å². The molecule has 6 heteroatoms. The maximum atomic E-state index is 11.5. The van der Waals surface area contributed by atoms with Crippen LogP contribution in [0.2, 0.25) is 0 Å². The van der Waals surface area contributed by atoms with E-state index in [9.17, 15) is 4.79 Å². The summed E-state index contributed by atoms with van der Waals surface area (Å²) in [5.41, 5.74) is 0.234. The summed E-state index contributed by atoms with van der Waals surface area (Å²) in [5.74, 6) is 0.834. The molecule has 2 rings (SSSR count). The fraction of sp³-hybridized carbons (Fsp3) is 0.455. The number of hydrogen-bond donors (Lipinski definition) is 2. The molecule has 0 spiro atoms. The first kappa shape index (κ1) is 11.7. The lowest BCUT2D eigenvalue weighted by atomic mass is 10.3. The van der Waals surface area contributed by atoms with Crippen LogP contribution in [0.1, 0.15) is 31.3 Å². The van der Waals surface area contributed by atoms with Gasteiger partial charge in [0.15, 0.2) is 6.04 Å². The van der Waals surface area contributed by atoms with Gasteiger partial charge in [-0.15, -0.1) is 0 Å². The minimum atomic E-state index is -0.342. The van der Waals surface area contributed by atoms with Crippen molar-refractivity contribution in [3.8, 4) is 0 Å². The van der Waals surface area contributed by atoms with E-state index >= 15 is 0 Å². The standard InChI is InChI=1S/C11H15N3O3/c1-8(2)14-10(11(15)17-13-14)7-12-6-9-4-3-5-16-9/h3-5,8,12H,6-7H2,1-2H3/p+1. The Balaban J connectivity index is 1.99. The molecule has 2 aromatic rings. The second kappa shape index (κ2) is 5.01. The maximum absolute atomic E-state index is 11.5. The zero-order valence-electron chi connectivity index (χ0n) is 9.90. The van der Waals surface area contributed by atoms with Gasteiger partial charge in [-0.3, -0.25) is 4.52 Å². The van der Waals surface area contributed by atoms with Gasteiger partial charge in [0.05, 0.1) is 19.4 Å². The zero-order valence-corrected chi connectivity index (χ0v) is 9.90. The molecular formula is C11H16N3O3+. The van der Waals surface area contributed by atoms with Crippen molar-refractivity contribution in [2.45, 2.75) is 33.0 Å². The van der Waals surface area contributed by atoms with Crippen LogP contribution in [-0.2, 0) is 13.1 Å². The predicted octanol–water partition coefficient (Wildman–Crippen LogP) is 0.719. The zero-order chi connectivity index (χ0) is 12.3. The van der Waals surface area contributed by atoms with E-state index < -0.39 is 0 Å². The Kier molecular flexibility index (Phi) is 3.43. The largest absolute Gasteiger partial charge is 0.468 e. The molecular weight excluding hydrogens is 222 g/mol. The van der Waals surface area contributed by atoms with Crippen molar-refractivity contribution in [1.82, 2.24) is 10.6 Å². The minimum absolute atomic E-state index is 0.155. The molecule has 0 aromatic carbocycles. The van der Waals surface area contributed by atoms with Crippen LogP contribution in [0.15, 0.2) is 32.1 Å². The summed E-state index contributed by atoms with van der Waals surface area (Å²) in [5, 5.41) is 5.71. The number of furan rings is 1. The number of hydrogen-bond acceptors (Lipinski definition) is 4. The van der Waals surface area contributed by atoms with Gasteiger partial charge in [-0.2, -0.15) is 0 Å². The van der Waals surface area contributed by atoms with Crippen molar-refractivity contribution in [2.24, 2.45) is 0 Å². The van der Waals surface area contributed by atoms with Crippen LogP contribution in [0.3, 0.4) is 0 Å². The summed E-state index contributed by atoms with van der Waals surface area (Å²) in [4.78, 5) is 11.5. The summed E-state index contributed by atoms with van der Waals surface area (Å²) < 4.78 is 11.7. The number of aromatic amines is 1. The topological polar surface area (TPSA) is 75.1 Å². The first-order valence-electron chi connectivity index (χ1n) is 5.53. The van der Waals surface area contributed by atoms with E-state index in [1.807, 2.05) is 26.0 Å². The van der Waals surface area contributed by atoms with Crippen molar-refractivity contribution in [1.29, 1.82) is 0 Å². The number of H-pyrrole nitrogens is 1. The number of nitrogens with zero attached hydrogens (tertiary/aromatic N) is 1. The Hall–Kier alpha value is -1.82. The van der Waals surface area contributed by atoms with Gasteiger partial charge in [0.1, 0.15) is 5.76 Å². The summed E-state index contributed by atoms with van der Waals surface area (Å²) in [6.07, 6.45) is 1.62. The van der Waals surface area contributed by atoms with Gasteiger partial charge in [0.25, 0.3) is 0 Å². The van der Waals surface area contributed by atoms with Gasteiger partial charge < -0.3 is 9.73 Å². The van der Waals surface area contributed by atoms with E-state index in [-0.39, 0.29) is 11.7 Å². The third kappa shape index (κ3) is 2.65. The molecule has 0 saturated heterocycles. The first-order valence-corrected chi connectivity index (χ1v) is 5.53. The molecule has 0 aliphatic heterocycles. The number of nitrogens with one attached hydrogen (secondary N) is 2. The molecule has 0 saturated carbocycles. The van der Waals surface area contributed by atoms with Gasteiger partial charge >= 0.3 is 11.3 Å². The highest BCUT2D eigenvalue weighted by molar-refractivity contribution is 4.97. The van der Waals surface area contributed by atoms with E-state index in [1.165, 1.54) is 0 Å². The van der Waals surface area contributed by atoms with Gasteiger partial charge in [-0.1, -0.05) is 4.68 Å². The van der Waals surface area contributed by atoms with Crippen LogP contribution in [0.4, 0.5) is 0 Å². The van der Waals surface area contributed by atoms with Gasteiger partial charge in [-0.25, -0.2) is 4.79 Å². The van der Waals surface area contributed by atoms with E-state index in [0.29, 0.717) is 18.8 Å². The highest BCUT2D eigenvalue weighted by Crippen LogP contribution is 1.99. The fourth-order valence-corrected chi connectivity index (χ4v) is 1.59. The third-order valence-electron chi connectivity index (χ3n) is 2.45. The van der Waals surface area contributed by atoms with Crippen LogP contribution < -0.4 is 15.6 Å². The molecule has 0 aliphatic carbocycles. The lowest BCUT2D eigenvalue weighted by Crippen LogP contribution is -2.44. The summed E-state index contributed by atoms with van der Waals surface area (Å²) in [6, 6.07) is 3.86. The van der Waals surface area contributed by atoms with E-state index in [4.69, 9.17) is 8.94 Å². The van der Waals surface area contributed by atoms with E-state index in [2.05, 4.69) is 10.6 Å². The van der Waals surface area contributed by atoms with E-state index in [0.717, 1.165) is 5.76 Å².